The molecule has 7 heteroatoms. The van der Waals surface area contributed by atoms with Crippen LogP contribution in [0.2, 0.25) is 0 Å². The van der Waals surface area contributed by atoms with Crippen LogP contribution in [0.1, 0.15) is 25.3 Å². The lowest BCUT2D eigenvalue weighted by Crippen LogP contribution is -2.50. The van der Waals surface area contributed by atoms with E-state index in [1.54, 1.807) is 34.4 Å². The number of ether oxygens (including phenoxy) is 2. The largest absolute Gasteiger partial charge is 0.378 e. The number of aromatic nitrogens is 1. The number of thiazole rings is 1. The minimum Gasteiger partial charge on any atom is -0.378 e. The summed E-state index contributed by atoms with van der Waals surface area (Å²) in [6.07, 6.45) is 2.68. The Morgan fingerprint density at radius 2 is 2.27 bits per heavy atom. The first-order valence-corrected chi connectivity index (χ1v) is 8.40. The van der Waals surface area contributed by atoms with Crippen molar-refractivity contribution in [3.8, 4) is 0 Å². The van der Waals surface area contributed by atoms with Crippen LogP contribution < -0.4 is 0 Å². The van der Waals surface area contributed by atoms with Crippen molar-refractivity contribution >= 4 is 17.4 Å². The molecule has 1 saturated heterocycles. The highest BCUT2D eigenvalue weighted by molar-refractivity contribution is 7.09. The number of amides is 2. The van der Waals surface area contributed by atoms with E-state index in [2.05, 4.69) is 4.98 Å². The molecule has 0 saturated carbocycles. The number of likely N-dealkylation sites (N-methyl/N-ethyl adjacent to an activating group) is 1. The zero-order valence-corrected chi connectivity index (χ0v) is 14.6. The van der Waals surface area contributed by atoms with Gasteiger partial charge in [0.1, 0.15) is 10.6 Å². The van der Waals surface area contributed by atoms with Crippen molar-refractivity contribution < 1.29 is 14.3 Å². The summed E-state index contributed by atoms with van der Waals surface area (Å²) in [5, 5.41) is 2.85. The normalized spacial score (nSPS) is 21.3. The highest BCUT2D eigenvalue weighted by atomic mass is 32.1. The first-order chi connectivity index (χ1) is 10.4. The molecule has 1 aromatic heterocycles. The van der Waals surface area contributed by atoms with Crippen molar-refractivity contribution in [2.75, 3.05) is 33.9 Å². The Hall–Kier alpha value is -1.18. The summed E-state index contributed by atoms with van der Waals surface area (Å²) >= 11 is 1.55. The first-order valence-electron chi connectivity index (χ1n) is 7.52. The average Bonchev–Trinajstić information content (AvgIpc) is 3.09. The van der Waals surface area contributed by atoms with Crippen molar-refractivity contribution in [2.24, 2.45) is 0 Å². The van der Waals surface area contributed by atoms with Crippen LogP contribution in [0.15, 0.2) is 11.6 Å². The molecule has 0 aliphatic carbocycles. The Morgan fingerprint density at radius 1 is 1.50 bits per heavy atom. The molecule has 0 aromatic carbocycles. The number of urea groups is 1. The zero-order chi connectivity index (χ0) is 16.2. The molecule has 0 bridgehead atoms. The molecule has 0 radical (unpaired) electrons. The van der Waals surface area contributed by atoms with E-state index in [1.165, 1.54) is 0 Å². The highest BCUT2D eigenvalue weighted by Gasteiger charge is 2.39. The van der Waals surface area contributed by atoms with E-state index in [9.17, 15) is 4.79 Å². The Kier molecular flexibility index (Phi) is 5.77. The lowest BCUT2D eigenvalue weighted by molar-refractivity contribution is -0.0911. The summed E-state index contributed by atoms with van der Waals surface area (Å²) in [5.74, 6) is 0. The SMILES string of the molecule is CC(C)OC1(CN(C)C(=O)N(C)Cc2nccs2)CCOC1. The second-order valence-electron chi connectivity index (χ2n) is 6.07. The smallest absolute Gasteiger partial charge is 0.319 e. The molecular weight excluding hydrogens is 302 g/mol. The Labute approximate surface area is 136 Å². The third kappa shape index (κ3) is 4.41. The van der Waals surface area contributed by atoms with E-state index in [-0.39, 0.29) is 17.7 Å². The fraction of sp³-hybridized carbons (Fsp3) is 0.733. The molecule has 0 spiro atoms. The standard InChI is InChI=1S/C15H25N3O3S/c1-12(2)21-15(5-7-20-11-15)10-18(4)14(19)17(3)9-13-16-6-8-22-13/h6,8,12H,5,7,9-11H2,1-4H3. The van der Waals surface area contributed by atoms with Crippen molar-refractivity contribution in [2.45, 2.75) is 38.5 Å². The molecule has 2 rings (SSSR count). The van der Waals surface area contributed by atoms with Gasteiger partial charge in [-0.1, -0.05) is 0 Å². The Balaban J connectivity index is 1.94. The van der Waals surface area contributed by atoms with Gasteiger partial charge in [-0.25, -0.2) is 9.78 Å². The second-order valence-corrected chi connectivity index (χ2v) is 7.05. The predicted molar refractivity (Wildman–Crippen MR) is 86.0 cm³/mol. The summed E-state index contributed by atoms with van der Waals surface area (Å²) in [6.45, 7) is 6.30. The van der Waals surface area contributed by atoms with Crippen LogP contribution in [0.4, 0.5) is 4.79 Å². The molecule has 2 amide bonds. The van der Waals surface area contributed by atoms with Crippen LogP contribution in [0, 0.1) is 0 Å². The summed E-state index contributed by atoms with van der Waals surface area (Å²) in [7, 11) is 3.60. The van der Waals surface area contributed by atoms with Gasteiger partial charge in [0.05, 0.1) is 25.8 Å². The topological polar surface area (TPSA) is 54.9 Å². The van der Waals surface area contributed by atoms with E-state index < -0.39 is 0 Å². The molecule has 1 aliphatic rings. The van der Waals surface area contributed by atoms with E-state index in [4.69, 9.17) is 9.47 Å². The van der Waals surface area contributed by atoms with Gasteiger partial charge in [-0.3, -0.25) is 0 Å². The van der Waals surface area contributed by atoms with Gasteiger partial charge in [-0.05, 0) is 13.8 Å². The summed E-state index contributed by atoms with van der Waals surface area (Å²) in [5.41, 5.74) is -0.388. The fourth-order valence-corrected chi connectivity index (χ4v) is 3.40. The highest BCUT2D eigenvalue weighted by Crippen LogP contribution is 2.26. The van der Waals surface area contributed by atoms with Gasteiger partial charge in [0.25, 0.3) is 0 Å². The maximum Gasteiger partial charge on any atom is 0.319 e. The molecule has 6 nitrogen and oxygen atoms in total. The molecule has 0 N–H and O–H groups in total. The maximum atomic E-state index is 12.5. The molecule has 1 aliphatic heterocycles. The van der Waals surface area contributed by atoms with Gasteiger partial charge >= 0.3 is 6.03 Å². The second kappa shape index (κ2) is 7.39. The molecule has 2 heterocycles. The van der Waals surface area contributed by atoms with Crippen LogP contribution >= 0.6 is 11.3 Å². The molecule has 1 unspecified atom stereocenters. The van der Waals surface area contributed by atoms with Crippen molar-refractivity contribution in [3.63, 3.8) is 0 Å². The monoisotopic (exact) mass is 327 g/mol. The third-order valence-corrected chi connectivity index (χ3v) is 4.35. The molecule has 1 fully saturated rings. The van der Waals surface area contributed by atoms with Crippen LogP contribution in [-0.2, 0) is 16.0 Å². The fourth-order valence-electron chi connectivity index (χ4n) is 2.74. The molecule has 22 heavy (non-hydrogen) atoms. The molecule has 124 valence electrons. The minimum atomic E-state index is -0.388. The van der Waals surface area contributed by atoms with Gasteiger partial charge < -0.3 is 19.3 Å². The minimum absolute atomic E-state index is 0.0335. The van der Waals surface area contributed by atoms with E-state index in [0.717, 1.165) is 11.4 Å². The van der Waals surface area contributed by atoms with Gasteiger partial charge in [0.15, 0.2) is 0 Å². The summed E-state index contributed by atoms with van der Waals surface area (Å²) in [6, 6.07) is -0.0335. The number of hydrogen-bond acceptors (Lipinski definition) is 5. The van der Waals surface area contributed by atoms with Gasteiger partial charge in [-0.15, -0.1) is 11.3 Å². The summed E-state index contributed by atoms with van der Waals surface area (Å²) < 4.78 is 11.6. The van der Waals surface area contributed by atoms with Crippen molar-refractivity contribution in [3.05, 3.63) is 16.6 Å². The Bertz CT molecular complexity index is 472. The molecule has 1 atom stereocenters. The first kappa shape index (κ1) is 17.2. The lowest BCUT2D eigenvalue weighted by atomic mass is 10.0. The van der Waals surface area contributed by atoms with Gasteiger partial charge in [0, 0.05) is 38.7 Å². The van der Waals surface area contributed by atoms with Crippen LogP contribution in [0.3, 0.4) is 0 Å². The number of nitrogens with zero attached hydrogens (tertiary/aromatic N) is 3. The van der Waals surface area contributed by atoms with Crippen molar-refractivity contribution in [1.82, 2.24) is 14.8 Å². The molecule has 1 aromatic rings. The van der Waals surface area contributed by atoms with E-state index >= 15 is 0 Å². The zero-order valence-electron chi connectivity index (χ0n) is 13.7. The molecular formula is C15H25N3O3S. The van der Waals surface area contributed by atoms with E-state index in [0.29, 0.717) is 26.3 Å². The van der Waals surface area contributed by atoms with Crippen molar-refractivity contribution in [1.29, 1.82) is 0 Å². The van der Waals surface area contributed by atoms with Crippen LogP contribution in [0.25, 0.3) is 0 Å². The number of rotatable bonds is 6. The van der Waals surface area contributed by atoms with E-state index in [1.807, 2.05) is 26.3 Å². The average molecular weight is 327 g/mol. The lowest BCUT2D eigenvalue weighted by Gasteiger charge is -2.35. The summed E-state index contributed by atoms with van der Waals surface area (Å²) in [4.78, 5) is 20.1. The number of carbonyl (C=O) groups is 1. The van der Waals surface area contributed by atoms with Gasteiger partial charge in [0.2, 0.25) is 0 Å². The predicted octanol–water partition coefficient (Wildman–Crippen LogP) is 2.21. The maximum absolute atomic E-state index is 12.5. The van der Waals surface area contributed by atoms with Crippen LogP contribution in [-0.4, -0.2) is 66.4 Å². The van der Waals surface area contributed by atoms with Gasteiger partial charge in [-0.2, -0.15) is 0 Å². The number of hydrogen-bond donors (Lipinski definition) is 0. The number of carbonyl (C=O) groups excluding carboxylic acids is 1. The van der Waals surface area contributed by atoms with Crippen LogP contribution in [0.5, 0.6) is 0 Å². The quantitative estimate of drug-likeness (QED) is 0.804. The third-order valence-electron chi connectivity index (χ3n) is 3.59. The Morgan fingerprint density at radius 3 is 2.82 bits per heavy atom.